The largest absolute Gasteiger partial charge is 0.465 e. The summed E-state index contributed by atoms with van der Waals surface area (Å²) < 4.78 is 10.6. The molecule has 3 heterocycles. The number of allylic oxidation sites excluding steroid dienone is 2. The molecular formula is C23H17N3O7. The summed E-state index contributed by atoms with van der Waals surface area (Å²) in [5, 5.41) is 11.5. The number of ketones is 1. The highest BCUT2D eigenvalue weighted by Gasteiger charge is 2.69. The number of aryl methyl sites for hydroxylation is 1. The molecule has 166 valence electrons. The second-order valence-electron chi connectivity index (χ2n) is 8.64. The number of carbonyl (C=O) groups excluding carboxylic acids is 3. The van der Waals surface area contributed by atoms with Crippen LogP contribution in [0.4, 0.5) is 5.69 Å². The highest BCUT2D eigenvalue weighted by molar-refractivity contribution is 6.11. The lowest BCUT2D eigenvalue weighted by Gasteiger charge is -2.27. The molecule has 33 heavy (non-hydrogen) atoms. The number of nitrogens with one attached hydrogen (secondary N) is 1. The van der Waals surface area contributed by atoms with E-state index in [4.69, 9.17) is 9.15 Å². The fourth-order valence-corrected chi connectivity index (χ4v) is 5.45. The molecule has 10 heteroatoms. The van der Waals surface area contributed by atoms with Crippen LogP contribution in [0.2, 0.25) is 0 Å². The molecule has 1 saturated heterocycles. The Balaban J connectivity index is 1.42. The average Bonchev–Trinajstić information content (AvgIpc) is 3.08. The van der Waals surface area contributed by atoms with E-state index in [1.54, 1.807) is 6.92 Å². The first-order valence-corrected chi connectivity index (χ1v) is 10.3. The molecule has 2 aliphatic carbocycles. The molecule has 1 unspecified atom stereocenters. The molecule has 1 aliphatic heterocycles. The first-order valence-electron chi connectivity index (χ1n) is 10.3. The third kappa shape index (κ3) is 2.40. The summed E-state index contributed by atoms with van der Waals surface area (Å²) in [4.78, 5) is 53.9. The summed E-state index contributed by atoms with van der Waals surface area (Å²) in [5.74, 6) is -1.19. The van der Waals surface area contributed by atoms with E-state index in [0.29, 0.717) is 45.7 Å². The lowest BCUT2D eigenvalue weighted by molar-refractivity contribution is -0.384. The van der Waals surface area contributed by atoms with Crippen LogP contribution in [0, 0.1) is 23.0 Å². The number of methoxy groups -OCH3 is 1. The fourth-order valence-electron chi connectivity index (χ4n) is 5.45. The lowest BCUT2D eigenvalue weighted by atomic mass is 9.82. The number of aromatic nitrogens is 1. The van der Waals surface area contributed by atoms with Gasteiger partial charge < -0.3 is 19.0 Å². The zero-order valence-corrected chi connectivity index (χ0v) is 17.6. The number of nitro groups is 1. The van der Waals surface area contributed by atoms with Gasteiger partial charge in [0.2, 0.25) is 5.78 Å². The third-order valence-corrected chi connectivity index (χ3v) is 6.96. The second-order valence-corrected chi connectivity index (χ2v) is 8.64. The maximum Gasteiger partial charge on any atom is 0.340 e. The van der Waals surface area contributed by atoms with Crippen molar-refractivity contribution in [3.63, 3.8) is 0 Å². The number of ether oxygens (including phenoxy) is 1. The minimum atomic E-state index is -0.599. The van der Waals surface area contributed by atoms with Crippen LogP contribution in [0.25, 0.3) is 11.0 Å². The molecule has 6 rings (SSSR count). The molecule has 2 aromatic heterocycles. The van der Waals surface area contributed by atoms with Crippen LogP contribution in [0.1, 0.15) is 49.1 Å². The number of nitrogens with zero attached hydrogens (tertiary/aromatic N) is 2. The van der Waals surface area contributed by atoms with Gasteiger partial charge in [-0.15, -0.1) is 0 Å². The van der Waals surface area contributed by atoms with Crippen molar-refractivity contribution in [1.29, 1.82) is 0 Å². The SMILES string of the molecule is COC(=O)c1c(C)[nH]c2c1[C@@]13CC1CN(C(=O)c1cc4cc([N+](=O)[O-])ccc4o1)C3=CC2=O. The Morgan fingerprint density at radius 2 is 2.12 bits per heavy atom. The van der Waals surface area contributed by atoms with Gasteiger partial charge in [-0.05, 0) is 31.4 Å². The number of esters is 1. The van der Waals surface area contributed by atoms with E-state index in [2.05, 4.69) is 4.98 Å². The van der Waals surface area contributed by atoms with Gasteiger partial charge in [0.05, 0.1) is 23.3 Å². The quantitative estimate of drug-likeness (QED) is 0.370. The Bertz CT molecular complexity index is 1480. The molecule has 3 aromatic rings. The maximum atomic E-state index is 13.4. The highest BCUT2D eigenvalue weighted by atomic mass is 16.6. The number of H-pyrrole nitrogens is 1. The van der Waals surface area contributed by atoms with Crippen LogP contribution in [0.5, 0.6) is 0 Å². The summed E-state index contributed by atoms with van der Waals surface area (Å²) in [6, 6.07) is 5.58. The van der Waals surface area contributed by atoms with E-state index in [0.717, 1.165) is 6.42 Å². The average molecular weight is 447 g/mol. The Labute approximate surface area is 185 Å². The predicted octanol–water partition coefficient (Wildman–Crippen LogP) is 3.26. The zero-order valence-electron chi connectivity index (χ0n) is 17.6. The molecular weight excluding hydrogens is 430 g/mol. The number of nitro benzene ring substituents is 1. The van der Waals surface area contributed by atoms with E-state index in [9.17, 15) is 24.5 Å². The van der Waals surface area contributed by atoms with E-state index in [1.165, 1.54) is 42.4 Å². The molecule has 0 radical (unpaired) electrons. The summed E-state index contributed by atoms with van der Waals surface area (Å²) in [6.07, 6.45) is 2.17. The normalized spacial score (nSPS) is 22.5. The zero-order chi connectivity index (χ0) is 23.2. The molecule has 2 atom stereocenters. The lowest BCUT2D eigenvalue weighted by Crippen LogP contribution is -2.34. The fraction of sp³-hybridized carbons (Fsp3) is 0.261. The number of aromatic amines is 1. The van der Waals surface area contributed by atoms with Gasteiger partial charge in [-0.3, -0.25) is 19.7 Å². The minimum absolute atomic E-state index is 0.0273. The number of hydrogen-bond donors (Lipinski definition) is 1. The van der Waals surface area contributed by atoms with Gasteiger partial charge in [-0.1, -0.05) is 0 Å². The number of hydrogen-bond acceptors (Lipinski definition) is 7. The second kappa shape index (κ2) is 6.18. The molecule has 1 amide bonds. The van der Waals surface area contributed by atoms with Crippen molar-refractivity contribution in [1.82, 2.24) is 9.88 Å². The van der Waals surface area contributed by atoms with Crippen molar-refractivity contribution in [3.05, 3.63) is 74.4 Å². The van der Waals surface area contributed by atoms with E-state index in [-0.39, 0.29) is 23.1 Å². The first-order chi connectivity index (χ1) is 15.8. The van der Waals surface area contributed by atoms with Crippen LogP contribution < -0.4 is 0 Å². The van der Waals surface area contributed by atoms with Crippen molar-refractivity contribution in [2.24, 2.45) is 5.92 Å². The number of rotatable bonds is 3. The Morgan fingerprint density at radius 3 is 2.85 bits per heavy atom. The molecule has 3 aliphatic rings. The molecule has 1 aromatic carbocycles. The Hall–Kier alpha value is -4.21. The maximum absolute atomic E-state index is 13.4. The number of non-ortho nitro benzene ring substituents is 1. The molecule has 1 saturated carbocycles. The summed E-state index contributed by atoms with van der Waals surface area (Å²) in [7, 11) is 1.29. The van der Waals surface area contributed by atoms with E-state index >= 15 is 0 Å². The topological polar surface area (TPSA) is 136 Å². The number of carbonyl (C=O) groups is 3. The van der Waals surface area contributed by atoms with Gasteiger partial charge in [-0.25, -0.2) is 4.79 Å². The van der Waals surface area contributed by atoms with Gasteiger partial charge in [0.15, 0.2) is 5.76 Å². The number of benzene rings is 1. The molecule has 10 nitrogen and oxygen atoms in total. The van der Waals surface area contributed by atoms with Crippen LogP contribution in [-0.4, -0.2) is 46.1 Å². The number of likely N-dealkylation sites (tertiary alicyclic amines) is 1. The third-order valence-electron chi connectivity index (χ3n) is 6.96. The predicted molar refractivity (Wildman–Crippen MR) is 113 cm³/mol. The van der Waals surface area contributed by atoms with Gasteiger partial charge >= 0.3 is 5.97 Å². The Morgan fingerprint density at radius 1 is 1.33 bits per heavy atom. The Kier molecular flexibility index (Phi) is 3.65. The van der Waals surface area contributed by atoms with Crippen molar-refractivity contribution < 1.29 is 28.5 Å². The first kappa shape index (κ1) is 19.5. The standard InChI is InChI=1S/C23H17N3O7/c1-10-18(22(29)32-2)19-20(24-10)14(27)7-17-23(19)8-12(23)9-25(17)21(28)16-6-11-5-13(26(30)31)3-4-15(11)33-16/h3-7,12,24H,8-9H2,1-2H3/t12?,23-/m0/s1. The van der Waals surface area contributed by atoms with E-state index < -0.39 is 22.2 Å². The minimum Gasteiger partial charge on any atom is -0.465 e. The summed E-state index contributed by atoms with van der Waals surface area (Å²) in [6.45, 7) is 2.09. The van der Waals surface area contributed by atoms with Crippen LogP contribution in [-0.2, 0) is 10.2 Å². The molecule has 1 spiro atoms. The van der Waals surface area contributed by atoms with Gasteiger partial charge in [0, 0.05) is 52.5 Å². The van der Waals surface area contributed by atoms with Crippen LogP contribution >= 0.6 is 0 Å². The van der Waals surface area contributed by atoms with Gasteiger partial charge in [0.25, 0.3) is 11.6 Å². The van der Waals surface area contributed by atoms with Crippen molar-refractivity contribution >= 4 is 34.3 Å². The van der Waals surface area contributed by atoms with Gasteiger partial charge in [0.1, 0.15) is 5.58 Å². The van der Waals surface area contributed by atoms with Crippen molar-refractivity contribution in [3.8, 4) is 0 Å². The number of piperidine rings is 1. The number of amides is 1. The smallest absolute Gasteiger partial charge is 0.340 e. The number of furan rings is 1. The van der Waals surface area contributed by atoms with Crippen molar-refractivity contribution in [2.75, 3.05) is 13.7 Å². The molecule has 0 bridgehead atoms. The van der Waals surface area contributed by atoms with Crippen molar-refractivity contribution in [2.45, 2.75) is 18.8 Å². The number of fused-ring (bicyclic) bond motifs is 2. The molecule has 2 fully saturated rings. The summed E-state index contributed by atoms with van der Waals surface area (Å²) >= 11 is 0. The molecule has 1 N–H and O–H groups in total. The van der Waals surface area contributed by atoms with Crippen LogP contribution in [0.3, 0.4) is 0 Å². The van der Waals surface area contributed by atoms with Crippen LogP contribution in [0.15, 0.2) is 40.5 Å². The van der Waals surface area contributed by atoms with Gasteiger partial charge in [-0.2, -0.15) is 0 Å². The summed E-state index contributed by atoms with van der Waals surface area (Å²) in [5.41, 5.74) is 2.07. The monoisotopic (exact) mass is 447 g/mol. The highest BCUT2D eigenvalue weighted by Crippen LogP contribution is 2.67. The van der Waals surface area contributed by atoms with E-state index in [1.807, 2.05) is 0 Å².